The van der Waals surface area contributed by atoms with Crippen LogP contribution in [0.15, 0.2) is 48.8 Å². The molecule has 0 saturated carbocycles. The van der Waals surface area contributed by atoms with Crippen LogP contribution >= 0.6 is 0 Å². The highest BCUT2D eigenvalue weighted by Gasteiger charge is 2.30. The maximum absolute atomic E-state index is 12.5. The normalized spacial score (nSPS) is 17.8. The number of nitrogens with one attached hydrogen (secondary N) is 1. The zero-order chi connectivity index (χ0) is 14.7. The molecule has 0 radical (unpaired) electrons. The Hall–Kier alpha value is -2.36. The van der Waals surface area contributed by atoms with E-state index in [2.05, 4.69) is 10.3 Å². The third kappa shape index (κ3) is 3.05. The van der Waals surface area contributed by atoms with Crippen LogP contribution in [0.1, 0.15) is 30.0 Å². The number of likely N-dealkylation sites (tertiary alicyclic amines) is 1. The number of rotatable bonds is 2. The molecule has 2 heterocycles. The predicted molar refractivity (Wildman–Crippen MR) is 83.1 cm³/mol. The average Bonchev–Trinajstić information content (AvgIpc) is 2.98. The number of hydrogen-bond acceptors (Lipinski definition) is 2. The fraction of sp³-hybridized carbons (Fsp3) is 0.294. The Balaban J connectivity index is 1.74. The van der Waals surface area contributed by atoms with Gasteiger partial charge >= 0.3 is 6.03 Å². The number of urea groups is 1. The smallest absolute Gasteiger partial charge is 0.317 e. The molecule has 1 aromatic carbocycles. The van der Waals surface area contributed by atoms with E-state index in [4.69, 9.17) is 0 Å². The molecule has 21 heavy (non-hydrogen) atoms. The summed E-state index contributed by atoms with van der Waals surface area (Å²) in [7, 11) is 0. The van der Waals surface area contributed by atoms with E-state index in [0.29, 0.717) is 0 Å². The number of carbonyl (C=O) groups excluding carboxylic acids is 1. The molecule has 1 aliphatic rings. The van der Waals surface area contributed by atoms with E-state index in [9.17, 15) is 4.79 Å². The van der Waals surface area contributed by atoms with E-state index in [0.717, 1.165) is 36.2 Å². The Kier molecular flexibility index (Phi) is 3.86. The van der Waals surface area contributed by atoms with Gasteiger partial charge in [0.25, 0.3) is 0 Å². The van der Waals surface area contributed by atoms with Crippen molar-refractivity contribution in [2.24, 2.45) is 0 Å². The Morgan fingerprint density at radius 3 is 3.00 bits per heavy atom. The summed E-state index contributed by atoms with van der Waals surface area (Å²) in [5.41, 5.74) is 3.09. The molecule has 1 aliphatic heterocycles. The van der Waals surface area contributed by atoms with Crippen LogP contribution in [0.25, 0.3) is 0 Å². The molecule has 0 unspecified atom stereocenters. The number of aromatic nitrogens is 1. The summed E-state index contributed by atoms with van der Waals surface area (Å²) in [4.78, 5) is 18.6. The minimum atomic E-state index is -0.0352. The number of amides is 2. The monoisotopic (exact) mass is 281 g/mol. The lowest BCUT2D eigenvalue weighted by Gasteiger charge is -2.25. The number of nitrogens with zero attached hydrogens (tertiary/aromatic N) is 2. The molecule has 1 atom stereocenters. The van der Waals surface area contributed by atoms with Crippen molar-refractivity contribution >= 4 is 11.7 Å². The summed E-state index contributed by atoms with van der Waals surface area (Å²) in [5, 5.41) is 2.99. The quantitative estimate of drug-likeness (QED) is 0.911. The molecule has 3 rings (SSSR count). The Bertz CT molecular complexity index is 627. The molecule has 1 saturated heterocycles. The fourth-order valence-corrected chi connectivity index (χ4v) is 2.85. The summed E-state index contributed by atoms with van der Waals surface area (Å²) in [6.07, 6.45) is 5.63. The number of hydrogen-bond donors (Lipinski definition) is 1. The van der Waals surface area contributed by atoms with Gasteiger partial charge in [-0.3, -0.25) is 4.98 Å². The van der Waals surface area contributed by atoms with Crippen LogP contribution in [0.4, 0.5) is 10.5 Å². The first kappa shape index (κ1) is 13.6. The van der Waals surface area contributed by atoms with Gasteiger partial charge in [-0.2, -0.15) is 0 Å². The molecular formula is C17H19N3O. The second kappa shape index (κ2) is 5.95. The van der Waals surface area contributed by atoms with Crippen LogP contribution in [0.3, 0.4) is 0 Å². The van der Waals surface area contributed by atoms with Crippen molar-refractivity contribution < 1.29 is 4.79 Å². The molecule has 1 fully saturated rings. The lowest BCUT2D eigenvalue weighted by molar-refractivity contribution is 0.207. The van der Waals surface area contributed by atoms with Crippen molar-refractivity contribution in [1.29, 1.82) is 0 Å². The largest absolute Gasteiger partial charge is 0.322 e. The van der Waals surface area contributed by atoms with E-state index in [1.807, 2.05) is 54.4 Å². The Labute approximate surface area is 124 Å². The number of aryl methyl sites for hydroxylation is 1. The van der Waals surface area contributed by atoms with Gasteiger partial charge in [0.05, 0.1) is 6.04 Å². The standard InChI is InChI=1S/C17H19N3O/c1-13-5-2-7-15(11-13)19-17(21)20-10-4-8-16(20)14-6-3-9-18-12-14/h2-3,5-7,9,11-12,16H,4,8,10H2,1H3,(H,19,21)/t16-/m1/s1. The summed E-state index contributed by atoms with van der Waals surface area (Å²) in [5.74, 6) is 0. The van der Waals surface area contributed by atoms with E-state index >= 15 is 0 Å². The van der Waals surface area contributed by atoms with Gasteiger partial charge in [-0.25, -0.2) is 4.79 Å². The molecule has 1 N–H and O–H groups in total. The number of carbonyl (C=O) groups is 1. The van der Waals surface area contributed by atoms with Crippen molar-refractivity contribution in [2.45, 2.75) is 25.8 Å². The number of benzene rings is 1. The van der Waals surface area contributed by atoms with Crippen molar-refractivity contribution in [3.63, 3.8) is 0 Å². The molecule has 4 nitrogen and oxygen atoms in total. The molecule has 2 aromatic rings. The maximum atomic E-state index is 12.5. The summed E-state index contributed by atoms with van der Waals surface area (Å²) >= 11 is 0. The number of anilines is 1. The van der Waals surface area contributed by atoms with Crippen molar-refractivity contribution in [2.75, 3.05) is 11.9 Å². The maximum Gasteiger partial charge on any atom is 0.322 e. The second-order valence-electron chi connectivity index (χ2n) is 5.44. The first-order valence-electron chi connectivity index (χ1n) is 7.28. The minimum Gasteiger partial charge on any atom is -0.317 e. The Morgan fingerprint density at radius 2 is 2.24 bits per heavy atom. The van der Waals surface area contributed by atoms with Gasteiger partial charge in [-0.05, 0) is 49.1 Å². The number of pyridine rings is 1. The van der Waals surface area contributed by atoms with Gasteiger partial charge in [0, 0.05) is 24.6 Å². The summed E-state index contributed by atoms with van der Waals surface area (Å²) in [6, 6.07) is 11.9. The molecule has 0 bridgehead atoms. The molecule has 1 aromatic heterocycles. The van der Waals surface area contributed by atoms with Gasteiger partial charge in [-0.15, -0.1) is 0 Å². The fourth-order valence-electron chi connectivity index (χ4n) is 2.85. The van der Waals surface area contributed by atoms with Crippen LogP contribution in [-0.2, 0) is 0 Å². The van der Waals surface area contributed by atoms with Crippen LogP contribution in [-0.4, -0.2) is 22.5 Å². The van der Waals surface area contributed by atoms with Crippen LogP contribution in [0, 0.1) is 6.92 Å². The zero-order valence-electron chi connectivity index (χ0n) is 12.1. The minimum absolute atomic E-state index is 0.0352. The lowest BCUT2D eigenvalue weighted by Crippen LogP contribution is -2.34. The van der Waals surface area contributed by atoms with Gasteiger partial charge in [-0.1, -0.05) is 18.2 Å². The summed E-state index contributed by atoms with van der Waals surface area (Å²) in [6.45, 7) is 2.81. The van der Waals surface area contributed by atoms with E-state index in [1.165, 1.54) is 0 Å². The third-order valence-corrected chi connectivity index (χ3v) is 3.85. The zero-order valence-corrected chi connectivity index (χ0v) is 12.1. The highest BCUT2D eigenvalue weighted by Crippen LogP contribution is 2.31. The highest BCUT2D eigenvalue weighted by atomic mass is 16.2. The molecule has 0 spiro atoms. The third-order valence-electron chi connectivity index (χ3n) is 3.85. The molecule has 0 aliphatic carbocycles. The van der Waals surface area contributed by atoms with Crippen LogP contribution in [0.2, 0.25) is 0 Å². The summed E-state index contributed by atoms with van der Waals surface area (Å²) < 4.78 is 0. The van der Waals surface area contributed by atoms with Crippen LogP contribution < -0.4 is 5.32 Å². The van der Waals surface area contributed by atoms with Gasteiger partial charge in [0.2, 0.25) is 0 Å². The predicted octanol–water partition coefficient (Wildman–Crippen LogP) is 3.76. The van der Waals surface area contributed by atoms with Crippen LogP contribution in [0.5, 0.6) is 0 Å². The van der Waals surface area contributed by atoms with E-state index in [-0.39, 0.29) is 12.1 Å². The van der Waals surface area contributed by atoms with Crippen molar-refractivity contribution in [3.8, 4) is 0 Å². The first-order chi connectivity index (χ1) is 10.2. The highest BCUT2D eigenvalue weighted by molar-refractivity contribution is 5.89. The van der Waals surface area contributed by atoms with Crippen molar-refractivity contribution in [3.05, 3.63) is 59.9 Å². The van der Waals surface area contributed by atoms with E-state index < -0.39 is 0 Å². The van der Waals surface area contributed by atoms with Crippen molar-refractivity contribution in [1.82, 2.24) is 9.88 Å². The second-order valence-corrected chi connectivity index (χ2v) is 5.44. The van der Waals surface area contributed by atoms with E-state index in [1.54, 1.807) is 6.20 Å². The molecule has 2 amide bonds. The molecule has 108 valence electrons. The molecular weight excluding hydrogens is 262 g/mol. The van der Waals surface area contributed by atoms with Gasteiger partial charge < -0.3 is 10.2 Å². The van der Waals surface area contributed by atoms with Gasteiger partial charge in [0.1, 0.15) is 0 Å². The first-order valence-corrected chi connectivity index (χ1v) is 7.28. The topological polar surface area (TPSA) is 45.2 Å². The molecule has 4 heteroatoms. The Morgan fingerprint density at radius 1 is 1.33 bits per heavy atom. The lowest BCUT2D eigenvalue weighted by atomic mass is 10.1. The average molecular weight is 281 g/mol. The van der Waals surface area contributed by atoms with Gasteiger partial charge in [0.15, 0.2) is 0 Å². The SMILES string of the molecule is Cc1cccc(NC(=O)N2CCC[C@@H]2c2cccnc2)c1.